The smallest absolute Gasteiger partial charge is 0.335 e. The molecular formula is C28H48O4. The van der Waals surface area contributed by atoms with Crippen molar-refractivity contribution in [2.45, 2.75) is 123 Å². The van der Waals surface area contributed by atoms with E-state index in [2.05, 4.69) is 31.2 Å². The van der Waals surface area contributed by atoms with Gasteiger partial charge in [-0.15, -0.1) is 0 Å². The Balaban J connectivity index is 2.02. The molecule has 1 fully saturated rings. The van der Waals surface area contributed by atoms with Gasteiger partial charge in [-0.1, -0.05) is 76.7 Å². The van der Waals surface area contributed by atoms with Gasteiger partial charge in [0, 0.05) is 25.4 Å². The fraction of sp³-hybridized carbons (Fsp3) is 0.786. The molecule has 0 spiro atoms. The number of hydrogen-bond donors (Lipinski definition) is 0. The lowest BCUT2D eigenvalue weighted by molar-refractivity contribution is -0.161. The summed E-state index contributed by atoms with van der Waals surface area (Å²) in [7, 11) is 0. The third-order valence-electron chi connectivity index (χ3n) is 6.04. The first-order valence-corrected chi connectivity index (χ1v) is 13.3. The molecule has 1 rings (SSSR count). The van der Waals surface area contributed by atoms with Crippen LogP contribution >= 0.6 is 0 Å². The van der Waals surface area contributed by atoms with Crippen LogP contribution in [0.15, 0.2) is 24.3 Å². The van der Waals surface area contributed by atoms with Crippen molar-refractivity contribution in [2.75, 3.05) is 13.2 Å². The summed E-state index contributed by atoms with van der Waals surface area (Å²) in [6.45, 7) is 5.22. The average molecular weight is 449 g/mol. The fourth-order valence-corrected chi connectivity index (χ4v) is 4.08. The highest BCUT2D eigenvalue weighted by Gasteiger charge is 2.35. The number of esters is 1. The van der Waals surface area contributed by atoms with Crippen molar-refractivity contribution < 1.29 is 19.1 Å². The molecule has 32 heavy (non-hydrogen) atoms. The zero-order valence-electron chi connectivity index (χ0n) is 20.8. The fourth-order valence-electron chi connectivity index (χ4n) is 4.08. The highest BCUT2D eigenvalue weighted by atomic mass is 16.6. The summed E-state index contributed by atoms with van der Waals surface area (Å²) >= 11 is 0. The van der Waals surface area contributed by atoms with Crippen LogP contribution < -0.4 is 0 Å². The zero-order valence-corrected chi connectivity index (χ0v) is 20.8. The van der Waals surface area contributed by atoms with Crippen molar-refractivity contribution in [2.24, 2.45) is 5.92 Å². The van der Waals surface area contributed by atoms with Crippen molar-refractivity contribution in [3.8, 4) is 0 Å². The summed E-state index contributed by atoms with van der Waals surface area (Å²) in [6, 6.07) is 0. The lowest BCUT2D eigenvalue weighted by Crippen LogP contribution is -2.34. The number of carbonyl (C=O) groups excluding carboxylic acids is 2. The molecule has 0 aromatic rings. The molecule has 0 saturated heterocycles. The largest absolute Gasteiger partial charge is 0.464 e. The van der Waals surface area contributed by atoms with Crippen LogP contribution in [0.4, 0.5) is 0 Å². The van der Waals surface area contributed by atoms with Gasteiger partial charge in [-0.25, -0.2) is 4.79 Å². The van der Waals surface area contributed by atoms with E-state index in [0.717, 1.165) is 32.1 Å². The molecule has 0 aliphatic heterocycles. The first-order chi connectivity index (χ1) is 15.7. The molecule has 0 heterocycles. The van der Waals surface area contributed by atoms with Crippen LogP contribution in [0.3, 0.4) is 0 Å². The van der Waals surface area contributed by atoms with E-state index in [1.54, 1.807) is 0 Å². The Labute approximate surface area is 197 Å². The molecule has 0 N–H and O–H groups in total. The predicted octanol–water partition coefficient (Wildman–Crippen LogP) is 7.51. The summed E-state index contributed by atoms with van der Waals surface area (Å²) in [5.74, 6) is -0.0522. The van der Waals surface area contributed by atoms with Gasteiger partial charge in [-0.05, 0) is 51.4 Å². The predicted molar refractivity (Wildman–Crippen MR) is 133 cm³/mol. The van der Waals surface area contributed by atoms with E-state index in [9.17, 15) is 9.59 Å². The summed E-state index contributed by atoms with van der Waals surface area (Å²) in [6.07, 6.45) is 25.7. The van der Waals surface area contributed by atoms with E-state index in [-0.39, 0.29) is 17.7 Å². The molecule has 0 aromatic heterocycles. The third-order valence-corrected chi connectivity index (χ3v) is 6.04. The Hall–Kier alpha value is -1.42. The molecule has 1 aliphatic carbocycles. The van der Waals surface area contributed by atoms with Crippen LogP contribution in [-0.2, 0) is 19.1 Å². The maximum atomic E-state index is 12.3. The number of unbranched alkanes of at least 4 members (excludes halogenated alkanes) is 9. The monoisotopic (exact) mass is 448 g/mol. The first kappa shape index (κ1) is 28.6. The second-order valence-corrected chi connectivity index (χ2v) is 9.08. The standard InChI is InChI=1S/C28H48O4/c1-3-5-6-7-8-9-10-11-12-13-14-15-16-17-18-19-23-31-27(28(30)32-22-4-2)25-20-21-26(29)24-25/h8-9,11-12,25,27H,3-7,10,13-24H2,1-2H3/b9-8-,12-11-. The van der Waals surface area contributed by atoms with Crippen molar-refractivity contribution in [3.05, 3.63) is 24.3 Å². The second kappa shape index (κ2) is 20.2. The van der Waals surface area contributed by atoms with E-state index >= 15 is 0 Å². The van der Waals surface area contributed by atoms with Gasteiger partial charge in [0.1, 0.15) is 5.78 Å². The number of hydrogen-bond acceptors (Lipinski definition) is 4. The maximum Gasteiger partial charge on any atom is 0.335 e. The van der Waals surface area contributed by atoms with Crippen LogP contribution in [0.25, 0.3) is 0 Å². The zero-order chi connectivity index (χ0) is 23.3. The highest BCUT2D eigenvalue weighted by molar-refractivity contribution is 5.83. The molecule has 4 nitrogen and oxygen atoms in total. The minimum atomic E-state index is -0.564. The van der Waals surface area contributed by atoms with E-state index in [4.69, 9.17) is 9.47 Å². The number of allylic oxidation sites excluding steroid dienone is 4. The SMILES string of the molecule is CCCCC/C=C\C/C=C\CCCCCCCCOC(C(=O)OCCC)C1CCC(=O)C1. The normalized spacial score (nSPS) is 17.6. The van der Waals surface area contributed by atoms with Crippen molar-refractivity contribution in [3.63, 3.8) is 0 Å². The van der Waals surface area contributed by atoms with E-state index in [0.29, 0.717) is 26.1 Å². The Morgan fingerprint density at radius 2 is 1.53 bits per heavy atom. The second-order valence-electron chi connectivity index (χ2n) is 9.08. The van der Waals surface area contributed by atoms with Crippen molar-refractivity contribution in [1.82, 2.24) is 0 Å². The van der Waals surface area contributed by atoms with Gasteiger partial charge in [-0.3, -0.25) is 4.79 Å². The van der Waals surface area contributed by atoms with Crippen LogP contribution in [0.2, 0.25) is 0 Å². The average Bonchev–Trinajstić information content (AvgIpc) is 3.22. The third kappa shape index (κ3) is 14.6. The first-order valence-electron chi connectivity index (χ1n) is 13.3. The molecule has 2 atom stereocenters. The summed E-state index contributed by atoms with van der Waals surface area (Å²) in [5, 5.41) is 0. The molecule has 4 heteroatoms. The number of rotatable bonds is 20. The Kier molecular flexibility index (Phi) is 18.1. The van der Waals surface area contributed by atoms with Crippen LogP contribution in [-0.4, -0.2) is 31.1 Å². The Bertz CT molecular complexity index is 538. The summed E-state index contributed by atoms with van der Waals surface area (Å²) < 4.78 is 11.2. The number of ketones is 1. The molecule has 0 aromatic carbocycles. The van der Waals surface area contributed by atoms with E-state index in [1.807, 2.05) is 6.92 Å². The number of ether oxygens (including phenoxy) is 2. The summed E-state index contributed by atoms with van der Waals surface area (Å²) in [5.41, 5.74) is 0. The van der Waals surface area contributed by atoms with Gasteiger partial charge in [-0.2, -0.15) is 0 Å². The van der Waals surface area contributed by atoms with Gasteiger partial charge in [0.15, 0.2) is 6.10 Å². The van der Waals surface area contributed by atoms with E-state index < -0.39 is 6.10 Å². The Morgan fingerprint density at radius 3 is 2.16 bits per heavy atom. The molecule has 1 saturated carbocycles. The molecule has 184 valence electrons. The minimum Gasteiger partial charge on any atom is -0.464 e. The Morgan fingerprint density at radius 1 is 0.875 bits per heavy atom. The molecule has 0 radical (unpaired) electrons. The lowest BCUT2D eigenvalue weighted by atomic mass is 10.0. The molecule has 2 unspecified atom stereocenters. The van der Waals surface area contributed by atoms with Gasteiger partial charge < -0.3 is 9.47 Å². The topological polar surface area (TPSA) is 52.6 Å². The van der Waals surface area contributed by atoms with Gasteiger partial charge in [0.2, 0.25) is 0 Å². The summed E-state index contributed by atoms with van der Waals surface area (Å²) in [4.78, 5) is 23.9. The molecule has 0 amide bonds. The molecule has 1 aliphatic rings. The maximum absolute atomic E-state index is 12.3. The van der Waals surface area contributed by atoms with Crippen molar-refractivity contribution >= 4 is 11.8 Å². The van der Waals surface area contributed by atoms with Gasteiger partial charge in [0.25, 0.3) is 0 Å². The number of Topliss-reactive ketones (excluding diaryl/α,β-unsaturated/α-hetero) is 1. The van der Waals surface area contributed by atoms with Crippen molar-refractivity contribution in [1.29, 1.82) is 0 Å². The quantitative estimate of drug-likeness (QED) is 0.110. The van der Waals surface area contributed by atoms with Crippen LogP contribution in [0.5, 0.6) is 0 Å². The van der Waals surface area contributed by atoms with Crippen LogP contribution in [0, 0.1) is 5.92 Å². The lowest BCUT2D eigenvalue weighted by Gasteiger charge is -2.21. The minimum absolute atomic E-state index is 0.00328. The molecule has 0 bridgehead atoms. The van der Waals surface area contributed by atoms with Crippen LogP contribution in [0.1, 0.15) is 117 Å². The number of carbonyl (C=O) groups is 2. The highest BCUT2D eigenvalue weighted by Crippen LogP contribution is 2.28. The van der Waals surface area contributed by atoms with Gasteiger partial charge >= 0.3 is 5.97 Å². The van der Waals surface area contributed by atoms with Gasteiger partial charge in [0.05, 0.1) is 6.61 Å². The molecular weight excluding hydrogens is 400 g/mol. The van der Waals surface area contributed by atoms with E-state index in [1.165, 1.54) is 57.8 Å².